The Bertz CT molecular complexity index is 259. The molecule has 0 amide bonds. The molecule has 4 heteroatoms. The third-order valence-electron chi connectivity index (χ3n) is 1.88. The van der Waals surface area contributed by atoms with Gasteiger partial charge in [0.15, 0.2) is 9.84 Å². The van der Waals surface area contributed by atoms with Gasteiger partial charge in [0.2, 0.25) is 0 Å². The molecule has 0 saturated carbocycles. The first-order valence-corrected chi connectivity index (χ1v) is 6.20. The largest absolute Gasteiger partial charge is 0.313 e. The van der Waals surface area contributed by atoms with Gasteiger partial charge in [-0.25, -0.2) is 8.42 Å². The number of nitrogens with one attached hydrogen (secondary N) is 1. The maximum absolute atomic E-state index is 10.8. The van der Waals surface area contributed by atoms with Crippen LogP contribution in [-0.4, -0.2) is 33.5 Å². The van der Waals surface area contributed by atoms with Crippen molar-refractivity contribution in [3.05, 3.63) is 11.6 Å². The summed E-state index contributed by atoms with van der Waals surface area (Å²) in [5, 5.41) is 3.21. The van der Waals surface area contributed by atoms with Crippen LogP contribution in [0.1, 0.15) is 12.8 Å². The van der Waals surface area contributed by atoms with Gasteiger partial charge in [-0.3, -0.25) is 0 Å². The summed E-state index contributed by atoms with van der Waals surface area (Å²) in [6.45, 7) is 1.91. The Hall–Kier alpha value is -0.350. The zero-order valence-corrected chi connectivity index (χ0v) is 8.15. The van der Waals surface area contributed by atoms with Crippen molar-refractivity contribution in [3.63, 3.8) is 0 Å². The molecule has 1 fully saturated rings. The van der Waals surface area contributed by atoms with E-state index in [1.165, 1.54) is 11.8 Å². The fraction of sp³-hybridized carbons (Fsp3) is 0.750. The summed E-state index contributed by atoms with van der Waals surface area (Å²) in [5.74, 6) is 0.185. The van der Waals surface area contributed by atoms with Crippen molar-refractivity contribution in [2.75, 3.05) is 25.1 Å². The van der Waals surface area contributed by atoms with Crippen LogP contribution in [-0.2, 0) is 9.84 Å². The van der Waals surface area contributed by atoms with E-state index in [1.807, 2.05) is 6.08 Å². The fourth-order valence-corrected chi connectivity index (χ4v) is 1.76. The molecule has 1 N–H and O–H groups in total. The Kier molecular flexibility index (Phi) is 3.29. The van der Waals surface area contributed by atoms with E-state index in [0.717, 1.165) is 25.9 Å². The van der Waals surface area contributed by atoms with Crippen molar-refractivity contribution in [2.45, 2.75) is 12.8 Å². The topological polar surface area (TPSA) is 46.2 Å². The average Bonchev–Trinajstić information content (AvgIpc) is 2.02. The highest BCUT2D eigenvalue weighted by Gasteiger charge is 2.05. The monoisotopic (exact) mass is 189 g/mol. The molecule has 0 aliphatic carbocycles. The molecule has 0 radical (unpaired) electrons. The minimum atomic E-state index is -2.83. The molecule has 0 bridgehead atoms. The molecule has 0 aromatic carbocycles. The van der Waals surface area contributed by atoms with Crippen LogP contribution in [0.2, 0.25) is 0 Å². The van der Waals surface area contributed by atoms with Crippen molar-refractivity contribution in [3.8, 4) is 0 Å². The van der Waals surface area contributed by atoms with Crippen molar-refractivity contribution in [1.29, 1.82) is 0 Å². The lowest BCUT2D eigenvalue weighted by molar-refractivity contribution is 0.600. The van der Waals surface area contributed by atoms with Crippen LogP contribution in [0, 0.1) is 0 Å². The van der Waals surface area contributed by atoms with Crippen molar-refractivity contribution in [1.82, 2.24) is 5.32 Å². The van der Waals surface area contributed by atoms with E-state index in [-0.39, 0.29) is 5.75 Å². The van der Waals surface area contributed by atoms with Crippen molar-refractivity contribution in [2.24, 2.45) is 0 Å². The van der Waals surface area contributed by atoms with Gasteiger partial charge in [-0.15, -0.1) is 0 Å². The Morgan fingerprint density at radius 1 is 1.58 bits per heavy atom. The number of piperidine rings is 1. The Morgan fingerprint density at radius 3 is 2.83 bits per heavy atom. The lowest BCUT2D eigenvalue weighted by Gasteiger charge is -2.14. The van der Waals surface area contributed by atoms with Gasteiger partial charge in [0.05, 0.1) is 5.75 Å². The summed E-state index contributed by atoms with van der Waals surface area (Å²) in [6, 6.07) is 0. The highest BCUT2D eigenvalue weighted by atomic mass is 32.2. The molecule has 0 unspecified atom stereocenters. The van der Waals surface area contributed by atoms with Crippen LogP contribution < -0.4 is 5.32 Å². The second-order valence-corrected chi connectivity index (χ2v) is 5.42. The molecule has 1 aliphatic rings. The van der Waals surface area contributed by atoms with E-state index in [1.54, 1.807) is 0 Å². The lowest BCUT2D eigenvalue weighted by atomic mass is 10.1. The summed E-state index contributed by atoms with van der Waals surface area (Å²) in [7, 11) is -2.83. The van der Waals surface area contributed by atoms with E-state index in [4.69, 9.17) is 0 Å². The zero-order valence-electron chi connectivity index (χ0n) is 7.34. The van der Waals surface area contributed by atoms with E-state index in [0.29, 0.717) is 0 Å². The second-order valence-electron chi connectivity index (χ2n) is 3.24. The van der Waals surface area contributed by atoms with Crippen molar-refractivity contribution < 1.29 is 8.42 Å². The first-order chi connectivity index (χ1) is 5.58. The van der Waals surface area contributed by atoms with Crippen LogP contribution in [0.5, 0.6) is 0 Å². The SMILES string of the molecule is CS(=O)(=O)CC=C1CCCNC1. The van der Waals surface area contributed by atoms with Crippen LogP contribution in [0.25, 0.3) is 0 Å². The van der Waals surface area contributed by atoms with Gasteiger partial charge in [-0.2, -0.15) is 0 Å². The molecule has 0 spiro atoms. The summed E-state index contributed by atoms with van der Waals surface area (Å²) < 4.78 is 21.6. The number of hydrogen-bond donors (Lipinski definition) is 1. The Balaban J connectivity index is 2.45. The van der Waals surface area contributed by atoms with Gasteiger partial charge in [0.25, 0.3) is 0 Å². The van der Waals surface area contributed by atoms with E-state index in [2.05, 4.69) is 5.32 Å². The third kappa shape index (κ3) is 3.88. The maximum atomic E-state index is 10.8. The predicted octanol–water partition coefficient (Wildman–Crippen LogP) is 0.341. The van der Waals surface area contributed by atoms with Crippen LogP contribution in [0.15, 0.2) is 11.6 Å². The smallest absolute Gasteiger partial charge is 0.151 e. The van der Waals surface area contributed by atoms with Crippen molar-refractivity contribution >= 4 is 9.84 Å². The highest BCUT2D eigenvalue weighted by molar-refractivity contribution is 7.90. The first kappa shape index (κ1) is 9.74. The summed E-state index contributed by atoms with van der Waals surface area (Å²) in [6.07, 6.45) is 5.26. The molecule has 0 atom stereocenters. The van der Waals surface area contributed by atoms with Gasteiger partial charge < -0.3 is 5.32 Å². The predicted molar refractivity (Wildman–Crippen MR) is 49.9 cm³/mol. The van der Waals surface area contributed by atoms with Crippen LogP contribution >= 0.6 is 0 Å². The molecule has 0 aromatic heterocycles. The number of hydrogen-bond acceptors (Lipinski definition) is 3. The minimum absolute atomic E-state index is 0.185. The van der Waals surface area contributed by atoms with E-state index < -0.39 is 9.84 Å². The molecule has 3 nitrogen and oxygen atoms in total. The van der Waals surface area contributed by atoms with E-state index >= 15 is 0 Å². The molecular weight excluding hydrogens is 174 g/mol. The molecule has 1 rings (SSSR count). The molecule has 1 aliphatic heterocycles. The summed E-state index contributed by atoms with van der Waals surface area (Å²) in [4.78, 5) is 0. The standard InChI is InChI=1S/C8H15NO2S/c1-12(10,11)6-4-8-3-2-5-9-7-8/h4,9H,2-3,5-7H2,1H3. The molecule has 12 heavy (non-hydrogen) atoms. The number of rotatable bonds is 2. The van der Waals surface area contributed by atoms with Gasteiger partial charge >= 0.3 is 0 Å². The second kappa shape index (κ2) is 4.05. The van der Waals surface area contributed by atoms with Crippen LogP contribution in [0.3, 0.4) is 0 Å². The maximum Gasteiger partial charge on any atom is 0.151 e. The minimum Gasteiger partial charge on any atom is -0.313 e. The van der Waals surface area contributed by atoms with Crippen LogP contribution in [0.4, 0.5) is 0 Å². The lowest BCUT2D eigenvalue weighted by Crippen LogP contribution is -2.24. The van der Waals surface area contributed by atoms with Gasteiger partial charge in [0, 0.05) is 12.8 Å². The molecule has 70 valence electrons. The Morgan fingerprint density at radius 2 is 2.33 bits per heavy atom. The third-order valence-corrected chi connectivity index (χ3v) is 2.65. The van der Waals surface area contributed by atoms with E-state index in [9.17, 15) is 8.42 Å². The zero-order chi connectivity index (χ0) is 9.03. The quantitative estimate of drug-likeness (QED) is 0.637. The van der Waals surface area contributed by atoms with Gasteiger partial charge in [0.1, 0.15) is 0 Å². The molecule has 1 saturated heterocycles. The number of sulfone groups is 1. The summed E-state index contributed by atoms with van der Waals surface area (Å²) >= 11 is 0. The summed E-state index contributed by atoms with van der Waals surface area (Å²) in [5.41, 5.74) is 1.23. The molecule has 1 heterocycles. The first-order valence-electron chi connectivity index (χ1n) is 4.14. The molecule has 0 aromatic rings. The fourth-order valence-electron chi connectivity index (χ4n) is 1.22. The average molecular weight is 189 g/mol. The molecular formula is C8H15NO2S. The highest BCUT2D eigenvalue weighted by Crippen LogP contribution is 2.08. The van der Waals surface area contributed by atoms with Gasteiger partial charge in [-0.1, -0.05) is 11.6 Å². The normalized spacial score (nSPS) is 22.9. The Labute approximate surface area is 73.8 Å². The van der Waals surface area contributed by atoms with Gasteiger partial charge in [-0.05, 0) is 19.4 Å².